The molecular formula is C16H29N3O3. The molecular weight excluding hydrogens is 282 g/mol. The van der Waals surface area contributed by atoms with Crippen molar-refractivity contribution in [3.05, 3.63) is 0 Å². The van der Waals surface area contributed by atoms with Crippen LogP contribution in [0.15, 0.2) is 0 Å². The number of nitrogens with zero attached hydrogens (tertiary/aromatic N) is 1. The molecule has 0 radical (unpaired) electrons. The third kappa shape index (κ3) is 4.43. The molecule has 0 bridgehead atoms. The van der Waals surface area contributed by atoms with Crippen LogP contribution in [0.3, 0.4) is 0 Å². The molecule has 2 rings (SSSR count). The van der Waals surface area contributed by atoms with Crippen molar-refractivity contribution in [1.82, 2.24) is 10.2 Å². The van der Waals surface area contributed by atoms with Crippen LogP contribution in [0, 0.1) is 5.41 Å². The van der Waals surface area contributed by atoms with Crippen molar-refractivity contribution in [2.24, 2.45) is 11.1 Å². The number of nitrogens with one attached hydrogen (secondary N) is 1. The van der Waals surface area contributed by atoms with E-state index in [4.69, 9.17) is 10.5 Å². The number of hydrogen-bond donors (Lipinski definition) is 2. The molecule has 2 amide bonds. The molecule has 2 fully saturated rings. The molecule has 22 heavy (non-hydrogen) atoms. The van der Waals surface area contributed by atoms with Gasteiger partial charge in [-0.1, -0.05) is 19.3 Å². The summed E-state index contributed by atoms with van der Waals surface area (Å²) in [6.07, 6.45) is 5.99. The van der Waals surface area contributed by atoms with E-state index in [1.54, 1.807) is 11.8 Å². The summed E-state index contributed by atoms with van der Waals surface area (Å²) >= 11 is 0. The highest BCUT2D eigenvalue weighted by Gasteiger charge is 2.34. The lowest BCUT2D eigenvalue weighted by molar-refractivity contribution is -0.139. The molecule has 1 unspecified atom stereocenters. The number of amides is 2. The number of hydrogen-bond acceptors (Lipinski definition) is 4. The summed E-state index contributed by atoms with van der Waals surface area (Å²) < 4.78 is 5.24. The van der Waals surface area contributed by atoms with Gasteiger partial charge in [0.05, 0.1) is 13.2 Å². The summed E-state index contributed by atoms with van der Waals surface area (Å²) in [5, 5.41) is 2.86. The zero-order valence-corrected chi connectivity index (χ0v) is 13.6. The molecule has 0 aromatic carbocycles. The second-order valence-corrected chi connectivity index (χ2v) is 6.67. The van der Waals surface area contributed by atoms with Crippen molar-refractivity contribution >= 4 is 11.8 Å². The Morgan fingerprint density at radius 1 is 1.23 bits per heavy atom. The van der Waals surface area contributed by atoms with Gasteiger partial charge >= 0.3 is 0 Å². The lowest BCUT2D eigenvalue weighted by atomic mass is 9.71. The summed E-state index contributed by atoms with van der Waals surface area (Å²) in [5.74, 6) is -0.0800. The maximum absolute atomic E-state index is 12.3. The Labute approximate surface area is 132 Å². The molecule has 6 nitrogen and oxygen atoms in total. The average molecular weight is 311 g/mol. The molecule has 1 heterocycles. The lowest BCUT2D eigenvalue weighted by Crippen LogP contribution is -2.51. The molecule has 0 spiro atoms. The topological polar surface area (TPSA) is 84.7 Å². The monoisotopic (exact) mass is 311 g/mol. The number of morpholine rings is 1. The summed E-state index contributed by atoms with van der Waals surface area (Å²) in [6, 6.07) is -0.482. The molecule has 1 saturated heterocycles. The van der Waals surface area contributed by atoms with Gasteiger partial charge in [0.15, 0.2) is 0 Å². The zero-order chi connectivity index (χ0) is 16.0. The molecule has 126 valence electrons. The van der Waals surface area contributed by atoms with E-state index in [1.807, 2.05) is 0 Å². The Morgan fingerprint density at radius 3 is 2.45 bits per heavy atom. The van der Waals surface area contributed by atoms with Crippen molar-refractivity contribution in [3.8, 4) is 0 Å². The van der Waals surface area contributed by atoms with Gasteiger partial charge in [0.1, 0.15) is 6.04 Å². The fourth-order valence-corrected chi connectivity index (χ4v) is 3.51. The van der Waals surface area contributed by atoms with Gasteiger partial charge in [0, 0.05) is 19.5 Å². The van der Waals surface area contributed by atoms with Crippen LogP contribution < -0.4 is 11.1 Å². The van der Waals surface area contributed by atoms with E-state index in [0.29, 0.717) is 39.3 Å². The Bertz CT molecular complexity index is 388. The largest absolute Gasteiger partial charge is 0.378 e. The predicted molar refractivity (Wildman–Crippen MR) is 84.2 cm³/mol. The molecule has 1 aliphatic heterocycles. The zero-order valence-electron chi connectivity index (χ0n) is 13.6. The molecule has 3 N–H and O–H groups in total. The van der Waals surface area contributed by atoms with E-state index in [9.17, 15) is 9.59 Å². The van der Waals surface area contributed by atoms with Crippen LogP contribution in [0.2, 0.25) is 0 Å². The summed E-state index contributed by atoms with van der Waals surface area (Å²) in [6.45, 7) is 4.65. The molecule has 6 heteroatoms. The van der Waals surface area contributed by atoms with Crippen LogP contribution in [0.5, 0.6) is 0 Å². The third-order valence-electron chi connectivity index (χ3n) is 4.95. The highest BCUT2D eigenvalue weighted by atomic mass is 16.5. The maximum Gasteiger partial charge on any atom is 0.245 e. The first-order chi connectivity index (χ1) is 10.6. The van der Waals surface area contributed by atoms with Gasteiger partial charge in [0.2, 0.25) is 11.8 Å². The smallest absolute Gasteiger partial charge is 0.245 e. The van der Waals surface area contributed by atoms with Crippen molar-refractivity contribution in [1.29, 1.82) is 0 Å². The first kappa shape index (κ1) is 17.2. The highest BCUT2D eigenvalue weighted by molar-refractivity contribution is 5.87. The SMILES string of the molecule is CC(NC(=O)CC1(CN)CCCCC1)C(=O)N1CCOCC1. The summed E-state index contributed by atoms with van der Waals surface area (Å²) in [4.78, 5) is 26.4. The van der Waals surface area contributed by atoms with Gasteiger partial charge < -0.3 is 20.7 Å². The molecule has 0 aromatic rings. The van der Waals surface area contributed by atoms with Crippen LogP contribution in [0.4, 0.5) is 0 Å². The minimum Gasteiger partial charge on any atom is -0.378 e. The van der Waals surface area contributed by atoms with E-state index < -0.39 is 6.04 Å². The quantitative estimate of drug-likeness (QED) is 0.781. The number of carbonyl (C=O) groups excluding carboxylic acids is 2. The summed E-state index contributed by atoms with van der Waals surface area (Å²) in [5.41, 5.74) is 5.86. The minimum atomic E-state index is -0.482. The Morgan fingerprint density at radius 2 is 1.86 bits per heavy atom. The number of nitrogens with two attached hydrogens (primary N) is 1. The predicted octanol–water partition coefficient (Wildman–Crippen LogP) is 0.649. The van der Waals surface area contributed by atoms with E-state index in [2.05, 4.69) is 5.32 Å². The van der Waals surface area contributed by atoms with Gasteiger partial charge in [-0.05, 0) is 31.7 Å². The van der Waals surface area contributed by atoms with Crippen molar-refractivity contribution < 1.29 is 14.3 Å². The highest BCUT2D eigenvalue weighted by Crippen LogP contribution is 2.38. The first-order valence-corrected chi connectivity index (χ1v) is 8.42. The van der Waals surface area contributed by atoms with Gasteiger partial charge in [-0.3, -0.25) is 9.59 Å². The fraction of sp³-hybridized carbons (Fsp3) is 0.875. The minimum absolute atomic E-state index is 0.0258. The number of carbonyl (C=O) groups is 2. The van der Waals surface area contributed by atoms with Gasteiger partial charge in [0.25, 0.3) is 0 Å². The van der Waals surface area contributed by atoms with Crippen molar-refractivity contribution in [2.75, 3.05) is 32.8 Å². The van der Waals surface area contributed by atoms with E-state index >= 15 is 0 Å². The van der Waals surface area contributed by atoms with Gasteiger partial charge in [-0.25, -0.2) is 0 Å². The summed E-state index contributed by atoms with van der Waals surface area (Å²) in [7, 11) is 0. The van der Waals surface area contributed by atoms with Gasteiger partial charge in [-0.15, -0.1) is 0 Å². The standard InChI is InChI=1S/C16H29N3O3/c1-13(15(21)19-7-9-22-10-8-19)18-14(20)11-16(12-17)5-3-2-4-6-16/h13H,2-12,17H2,1H3,(H,18,20). The Kier molecular flexibility index (Phi) is 6.20. The van der Waals surface area contributed by atoms with Crippen LogP contribution in [-0.4, -0.2) is 55.6 Å². The molecule has 1 saturated carbocycles. The Balaban J connectivity index is 1.83. The molecule has 1 aliphatic carbocycles. The van der Waals surface area contributed by atoms with Gasteiger partial charge in [-0.2, -0.15) is 0 Å². The maximum atomic E-state index is 12.3. The second-order valence-electron chi connectivity index (χ2n) is 6.67. The molecule has 0 aromatic heterocycles. The van der Waals surface area contributed by atoms with E-state index in [-0.39, 0.29) is 17.2 Å². The average Bonchev–Trinajstić information content (AvgIpc) is 2.55. The number of rotatable bonds is 5. The van der Waals surface area contributed by atoms with Crippen LogP contribution in [0.25, 0.3) is 0 Å². The normalized spacial score (nSPS) is 22.9. The molecule has 2 aliphatic rings. The second kappa shape index (κ2) is 7.92. The first-order valence-electron chi connectivity index (χ1n) is 8.42. The Hall–Kier alpha value is -1.14. The number of ether oxygens (including phenoxy) is 1. The van der Waals surface area contributed by atoms with Crippen LogP contribution >= 0.6 is 0 Å². The lowest BCUT2D eigenvalue weighted by Gasteiger charge is -2.36. The van der Waals surface area contributed by atoms with E-state index in [1.165, 1.54) is 6.42 Å². The van der Waals surface area contributed by atoms with Crippen molar-refractivity contribution in [3.63, 3.8) is 0 Å². The van der Waals surface area contributed by atoms with Crippen LogP contribution in [0.1, 0.15) is 45.4 Å². The fourth-order valence-electron chi connectivity index (χ4n) is 3.51. The molecule has 1 atom stereocenters. The van der Waals surface area contributed by atoms with Crippen molar-refractivity contribution in [2.45, 2.75) is 51.5 Å². The van der Waals surface area contributed by atoms with Crippen LogP contribution in [-0.2, 0) is 14.3 Å². The third-order valence-corrected chi connectivity index (χ3v) is 4.95. The van der Waals surface area contributed by atoms with E-state index in [0.717, 1.165) is 25.7 Å².